The molecular weight excluding hydrogens is 967 g/mol. The molecule has 14 rings (SSSR count). The number of nitrogens with zero attached hydrogens (tertiary/aromatic N) is 2. The molecule has 12 aromatic rings. The molecule has 0 atom stereocenters. The minimum Gasteiger partial charge on any atom is -0.423 e. The Hall–Kier alpha value is -8.00. The smallest absolute Gasteiger partial charge is 0.423 e. The van der Waals surface area contributed by atoms with Gasteiger partial charge in [0.1, 0.15) is 0 Å². The minimum absolute atomic E-state index is 0.0582. The number of pyridine rings is 2. The summed E-state index contributed by atoms with van der Waals surface area (Å²) in [6.07, 6.45) is 3.79. The standard InChI is InChI=1S/C34H25N.C20H15BO2.C14H12BrN/c1-34(2)28-19-10-18-27(32(28)33-29(34)20-11-21-35-33)31-25-16-8-6-14-23(25)30(22-12-4-3-5-13-22)24-15-7-9-17-26(24)31;22-21(23)20-17-12-6-4-10-15(17)19(14-8-2-1-3-9-14)16-11-5-7-13-18(16)20;1-14(2)9-5-3-7-11(15)12(9)13-10(14)6-4-8-16-13/h3-21H,1-2H3;1-13,22-23H;3-8H,1-2H3. The maximum Gasteiger partial charge on any atom is 0.489 e. The Balaban J connectivity index is 0.000000122. The summed E-state index contributed by atoms with van der Waals surface area (Å²) in [5, 5.41) is 28.8. The summed E-state index contributed by atoms with van der Waals surface area (Å²) >= 11 is 3.63. The second-order valence-corrected chi connectivity index (χ2v) is 21.1. The van der Waals surface area contributed by atoms with Crippen LogP contribution in [0.5, 0.6) is 0 Å². The van der Waals surface area contributed by atoms with Crippen LogP contribution in [0.1, 0.15) is 49.9 Å². The van der Waals surface area contributed by atoms with Gasteiger partial charge >= 0.3 is 7.12 Å². The van der Waals surface area contributed by atoms with Gasteiger partial charge in [-0.2, -0.15) is 0 Å². The van der Waals surface area contributed by atoms with Gasteiger partial charge in [0.05, 0.1) is 11.4 Å². The van der Waals surface area contributed by atoms with Crippen LogP contribution in [0.4, 0.5) is 0 Å². The zero-order valence-electron chi connectivity index (χ0n) is 41.7. The van der Waals surface area contributed by atoms with E-state index in [4.69, 9.17) is 4.98 Å². The fourth-order valence-electron chi connectivity index (χ4n) is 12.0. The number of hydrogen-bond donors (Lipinski definition) is 2. The molecule has 4 nitrogen and oxygen atoms in total. The summed E-state index contributed by atoms with van der Waals surface area (Å²) < 4.78 is 1.13. The van der Waals surface area contributed by atoms with Crippen molar-refractivity contribution in [3.63, 3.8) is 0 Å². The van der Waals surface area contributed by atoms with Crippen LogP contribution in [0, 0.1) is 0 Å². The molecule has 2 aliphatic carbocycles. The second-order valence-electron chi connectivity index (χ2n) is 20.3. The molecule has 0 radical (unpaired) electrons. The molecule has 0 amide bonds. The van der Waals surface area contributed by atoms with Crippen molar-refractivity contribution < 1.29 is 10.0 Å². The largest absolute Gasteiger partial charge is 0.489 e. The average Bonchev–Trinajstić information content (AvgIpc) is 3.83. The molecule has 10 aromatic carbocycles. The average molecular weight is 1020 g/mol. The number of aromatic nitrogens is 2. The van der Waals surface area contributed by atoms with Crippen LogP contribution in [0.15, 0.2) is 235 Å². The number of rotatable bonds is 4. The third-order valence-electron chi connectivity index (χ3n) is 15.4. The quantitative estimate of drug-likeness (QED) is 0.136. The first-order valence-electron chi connectivity index (χ1n) is 25.2. The van der Waals surface area contributed by atoms with E-state index in [9.17, 15) is 10.0 Å². The highest BCUT2D eigenvalue weighted by Crippen LogP contribution is 2.54. The van der Waals surface area contributed by atoms with Crippen LogP contribution in [0.2, 0.25) is 0 Å². The van der Waals surface area contributed by atoms with E-state index in [2.05, 4.69) is 194 Å². The van der Waals surface area contributed by atoms with Gasteiger partial charge in [-0.1, -0.05) is 244 Å². The van der Waals surface area contributed by atoms with Crippen molar-refractivity contribution in [1.82, 2.24) is 9.97 Å². The molecule has 0 spiro atoms. The third kappa shape index (κ3) is 7.67. The molecule has 0 bridgehead atoms. The van der Waals surface area contributed by atoms with Gasteiger partial charge in [-0.3, -0.25) is 9.97 Å². The van der Waals surface area contributed by atoms with Gasteiger partial charge in [-0.05, 0) is 122 Å². The lowest BCUT2D eigenvalue weighted by atomic mass is 9.72. The molecular formula is C68H52BBrN2O2. The van der Waals surface area contributed by atoms with Gasteiger partial charge in [0.25, 0.3) is 0 Å². The van der Waals surface area contributed by atoms with Crippen molar-refractivity contribution in [3.8, 4) is 55.9 Å². The van der Waals surface area contributed by atoms with Crippen molar-refractivity contribution in [2.75, 3.05) is 0 Å². The van der Waals surface area contributed by atoms with E-state index >= 15 is 0 Å². The van der Waals surface area contributed by atoms with Crippen LogP contribution in [0.25, 0.3) is 99.0 Å². The number of hydrogen-bond acceptors (Lipinski definition) is 4. The summed E-state index contributed by atoms with van der Waals surface area (Å²) in [5.41, 5.74) is 18.0. The maximum absolute atomic E-state index is 9.94. The van der Waals surface area contributed by atoms with Gasteiger partial charge < -0.3 is 10.0 Å². The Morgan fingerprint density at radius 2 is 0.689 bits per heavy atom. The van der Waals surface area contributed by atoms with Crippen LogP contribution < -0.4 is 5.46 Å². The molecule has 2 heterocycles. The summed E-state index contributed by atoms with van der Waals surface area (Å²) in [5.74, 6) is 0. The molecule has 0 saturated carbocycles. The lowest BCUT2D eigenvalue weighted by Gasteiger charge is -2.22. The van der Waals surface area contributed by atoms with Crippen LogP contribution in [-0.2, 0) is 10.8 Å². The Morgan fingerprint density at radius 1 is 0.338 bits per heavy atom. The van der Waals surface area contributed by atoms with Crippen molar-refractivity contribution >= 4 is 71.6 Å². The van der Waals surface area contributed by atoms with Gasteiger partial charge in [0, 0.05) is 38.8 Å². The number of benzene rings is 10. The van der Waals surface area contributed by atoms with Crippen molar-refractivity contribution in [1.29, 1.82) is 0 Å². The maximum atomic E-state index is 9.94. The highest BCUT2D eigenvalue weighted by molar-refractivity contribution is 9.10. The topological polar surface area (TPSA) is 66.2 Å². The summed E-state index contributed by atoms with van der Waals surface area (Å²) in [6.45, 7) is 9.15. The van der Waals surface area contributed by atoms with E-state index in [0.29, 0.717) is 5.46 Å². The molecule has 0 aliphatic heterocycles. The van der Waals surface area contributed by atoms with E-state index < -0.39 is 7.12 Å². The molecule has 0 fully saturated rings. The van der Waals surface area contributed by atoms with Crippen molar-refractivity contribution in [2.24, 2.45) is 0 Å². The molecule has 74 heavy (non-hydrogen) atoms. The van der Waals surface area contributed by atoms with Gasteiger partial charge in [-0.15, -0.1) is 0 Å². The van der Waals surface area contributed by atoms with E-state index in [-0.39, 0.29) is 10.8 Å². The van der Waals surface area contributed by atoms with Gasteiger partial charge in [-0.25, -0.2) is 0 Å². The summed E-state index contributed by atoms with van der Waals surface area (Å²) in [4.78, 5) is 9.43. The van der Waals surface area contributed by atoms with Crippen LogP contribution in [0.3, 0.4) is 0 Å². The molecule has 0 unspecified atom stereocenters. The van der Waals surface area contributed by atoms with Crippen molar-refractivity contribution in [2.45, 2.75) is 38.5 Å². The van der Waals surface area contributed by atoms with E-state index in [1.54, 1.807) is 0 Å². The van der Waals surface area contributed by atoms with E-state index in [1.807, 2.05) is 85.2 Å². The Bertz CT molecular complexity index is 4020. The molecule has 2 N–H and O–H groups in total. The Morgan fingerprint density at radius 3 is 1.14 bits per heavy atom. The Labute approximate surface area is 441 Å². The fraction of sp³-hybridized carbons (Fsp3) is 0.0882. The zero-order chi connectivity index (χ0) is 50.7. The number of fused-ring (bicyclic) bond motifs is 10. The SMILES string of the molecule is CC1(C)c2cccnc2-c2c(-c3c4ccccc4c(-c4ccccc4)c4ccccc34)cccc21.CC1(C)c2cccnc2-c2c(Br)cccc21.OB(O)c1c2ccccc2c(-c2ccccc2)c2ccccc12. The van der Waals surface area contributed by atoms with Crippen molar-refractivity contribution in [3.05, 3.63) is 258 Å². The monoisotopic (exact) mass is 1020 g/mol. The highest BCUT2D eigenvalue weighted by atomic mass is 79.9. The van der Waals surface area contributed by atoms with Gasteiger partial charge in [0.2, 0.25) is 0 Å². The predicted molar refractivity (Wildman–Crippen MR) is 314 cm³/mol. The molecule has 2 aliphatic rings. The first-order valence-corrected chi connectivity index (χ1v) is 26.0. The number of halogens is 1. The lowest BCUT2D eigenvalue weighted by Crippen LogP contribution is -2.31. The van der Waals surface area contributed by atoms with E-state index in [0.717, 1.165) is 48.5 Å². The third-order valence-corrected chi connectivity index (χ3v) is 16.1. The highest BCUT2D eigenvalue weighted by Gasteiger charge is 2.39. The van der Waals surface area contributed by atoms with Crippen LogP contribution in [-0.4, -0.2) is 27.1 Å². The second kappa shape index (κ2) is 18.8. The van der Waals surface area contributed by atoms with Crippen LogP contribution >= 0.6 is 15.9 Å². The summed E-state index contributed by atoms with van der Waals surface area (Å²) in [7, 11) is -1.50. The van der Waals surface area contributed by atoms with E-state index in [1.165, 1.54) is 77.2 Å². The minimum atomic E-state index is -1.50. The lowest BCUT2D eigenvalue weighted by molar-refractivity contribution is 0.426. The molecule has 2 aromatic heterocycles. The normalized spacial score (nSPS) is 13.3. The summed E-state index contributed by atoms with van der Waals surface area (Å²) in [6, 6.07) is 76.2. The zero-order valence-corrected chi connectivity index (χ0v) is 43.3. The fourth-order valence-corrected chi connectivity index (χ4v) is 12.6. The predicted octanol–water partition coefficient (Wildman–Crippen LogP) is 16.5. The molecule has 6 heteroatoms. The Kier molecular flexibility index (Phi) is 12.0. The van der Waals surface area contributed by atoms with Gasteiger partial charge in [0.15, 0.2) is 0 Å². The first kappa shape index (κ1) is 47.0. The first-order chi connectivity index (χ1) is 36.1. The molecule has 0 saturated heterocycles. The molecule has 356 valence electrons.